The average Bonchev–Trinajstić information content (AvgIpc) is 2.40. The predicted octanol–water partition coefficient (Wildman–Crippen LogP) is 4.26. The number of aryl methyl sites for hydroxylation is 1. The Balaban J connectivity index is 2.41. The van der Waals surface area contributed by atoms with Crippen LogP contribution in [0.2, 0.25) is 0 Å². The fourth-order valence-corrected chi connectivity index (χ4v) is 1.81. The number of hydrogen-bond donors (Lipinski definition) is 0. The van der Waals surface area contributed by atoms with Gasteiger partial charge in [0.1, 0.15) is 11.6 Å². The third kappa shape index (κ3) is 3.59. The largest absolute Gasteiger partial charge is 0.573 e. The van der Waals surface area contributed by atoms with Crippen molar-refractivity contribution >= 4 is 5.78 Å². The average molecular weight is 298 g/mol. The van der Waals surface area contributed by atoms with E-state index in [4.69, 9.17) is 0 Å². The Hall–Kier alpha value is -2.37. The van der Waals surface area contributed by atoms with Crippen molar-refractivity contribution in [1.82, 2.24) is 0 Å². The maximum Gasteiger partial charge on any atom is 0.573 e. The van der Waals surface area contributed by atoms with Crippen LogP contribution in [0.1, 0.15) is 21.5 Å². The topological polar surface area (TPSA) is 26.3 Å². The first-order valence-corrected chi connectivity index (χ1v) is 5.93. The Morgan fingerprint density at radius 2 is 1.76 bits per heavy atom. The summed E-state index contributed by atoms with van der Waals surface area (Å²) < 4.78 is 54.0. The zero-order valence-electron chi connectivity index (χ0n) is 10.9. The highest BCUT2D eigenvalue weighted by Gasteiger charge is 2.32. The molecule has 2 aromatic rings. The van der Waals surface area contributed by atoms with Gasteiger partial charge in [-0.1, -0.05) is 12.1 Å². The van der Waals surface area contributed by atoms with Crippen LogP contribution in [0.4, 0.5) is 17.6 Å². The van der Waals surface area contributed by atoms with Gasteiger partial charge >= 0.3 is 6.36 Å². The highest BCUT2D eigenvalue weighted by Crippen LogP contribution is 2.28. The van der Waals surface area contributed by atoms with Gasteiger partial charge in [-0.3, -0.25) is 4.79 Å². The van der Waals surface area contributed by atoms with Gasteiger partial charge in [-0.15, -0.1) is 13.2 Å². The summed E-state index contributed by atoms with van der Waals surface area (Å²) >= 11 is 0. The Morgan fingerprint density at radius 1 is 1.10 bits per heavy atom. The SMILES string of the molecule is Cc1cc(C(=O)c2ccccc2OC(F)(F)F)ccc1F. The molecule has 2 aromatic carbocycles. The molecule has 0 bridgehead atoms. The Kier molecular flexibility index (Phi) is 3.97. The number of ether oxygens (including phenoxy) is 1. The molecule has 0 spiro atoms. The Morgan fingerprint density at radius 3 is 2.38 bits per heavy atom. The lowest BCUT2D eigenvalue weighted by Crippen LogP contribution is -2.19. The lowest BCUT2D eigenvalue weighted by molar-refractivity contribution is -0.274. The first kappa shape index (κ1) is 15.0. The van der Waals surface area contributed by atoms with Crippen LogP contribution < -0.4 is 4.74 Å². The first-order chi connectivity index (χ1) is 9.78. The highest BCUT2D eigenvalue weighted by molar-refractivity contribution is 6.10. The van der Waals surface area contributed by atoms with Crippen molar-refractivity contribution < 1.29 is 27.1 Å². The van der Waals surface area contributed by atoms with E-state index in [0.717, 1.165) is 12.1 Å². The molecule has 2 nitrogen and oxygen atoms in total. The van der Waals surface area contributed by atoms with E-state index in [0.29, 0.717) is 0 Å². The second-order valence-corrected chi connectivity index (χ2v) is 4.34. The van der Waals surface area contributed by atoms with Gasteiger partial charge in [0.15, 0.2) is 5.78 Å². The number of halogens is 4. The van der Waals surface area contributed by atoms with Crippen molar-refractivity contribution in [1.29, 1.82) is 0 Å². The van der Waals surface area contributed by atoms with Gasteiger partial charge in [0.05, 0.1) is 5.56 Å². The molecule has 0 unspecified atom stereocenters. The van der Waals surface area contributed by atoms with Gasteiger partial charge in [0, 0.05) is 5.56 Å². The van der Waals surface area contributed by atoms with Gasteiger partial charge in [0.2, 0.25) is 0 Å². The van der Waals surface area contributed by atoms with Crippen LogP contribution in [0, 0.1) is 12.7 Å². The maximum absolute atomic E-state index is 13.2. The van der Waals surface area contributed by atoms with Crippen molar-refractivity contribution in [2.75, 3.05) is 0 Å². The van der Waals surface area contributed by atoms with Crippen LogP contribution in [0.3, 0.4) is 0 Å². The number of benzene rings is 2. The van der Waals surface area contributed by atoms with E-state index >= 15 is 0 Å². The zero-order chi connectivity index (χ0) is 15.6. The second-order valence-electron chi connectivity index (χ2n) is 4.34. The molecule has 0 fully saturated rings. The molecule has 110 valence electrons. The molecule has 0 saturated carbocycles. The molecule has 21 heavy (non-hydrogen) atoms. The minimum absolute atomic E-state index is 0.0899. The van der Waals surface area contributed by atoms with Gasteiger partial charge in [0.25, 0.3) is 0 Å². The van der Waals surface area contributed by atoms with E-state index in [1.165, 1.54) is 37.3 Å². The summed E-state index contributed by atoms with van der Waals surface area (Å²) in [4.78, 5) is 12.2. The molecule has 0 aliphatic rings. The molecule has 0 aromatic heterocycles. The van der Waals surface area contributed by atoms with Crippen LogP contribution in [0.15, 0.2) is 42.5 Å². The summed E-state index contributed by atoms with van der Waals surface area (Å²) in [6.07, 6.45) is -4.89. The van der Waals surface area contributed by atoms with E-state index < -0.39 is 23.7 Å². The molecule has 6 heteroatoms. The van der Waals surface area contributed by atoms with Crippen LogP contribution in [-0.2, 0) is 0 Å². The Labute approximate surface area is 118 Å². The summed E-state index contributed by atoms with van der Waals surface area (Å²) in [5.41, 5.74) is 0.0861. The normalized spacial score (nSPS) is 11.3. The van der Waals surface area contributed by atoms with Crippen LogP contribution in [-0.4, -0.2) is 12.1 Å². The summed E-state index contributed by atoms with van der Waals surface area (Å²) in [6, 6.07) is 8.62. The number of rotatable bonds is 3. The van der Waals surface area contributed by atoms with Crippen molar-refractivity contribution in [2.45, 2.75) is 13.3 Å². The molecule has 2 rings (SSSR count). The summed E-state index contributed by atoms with van der Waals surface area (Å²) in [7, 11) is 0. The van der Waals surface area contributed by atoms with Gasteiger partial charge in [-0.25, -0.2) is 4.39 Å². The molecular weight excluding hydrogens is 288 g/mol. The zero-order valence-corrected chi connectivity index (χ0v) is 10.9. The third-order valence-electron chi connectivity index (χ3n) is 2.78. The molecule has 0 amide bonds. The summed E-state index contributed by atoms with van der Waals surface area (Å²) in [5, 5.41) is 0. The van der Waals surface area contributed by atoms with Gasteiger partial charge in [-0.2, -0.15) is 0 Å². The van der Waals surface area contributed by atoms with Crippen LogP contribution in [0.25, 0.3) is 0 Å². The minimum atomic E-state index is -4.89. The number of alkyl halides is 3. The number of para-hydroxylation sites is 1. The molecule has 0 aliphatic carbocycles. The van der Waals surface area contributed by atoms with E-state index in [2.05, 4.69) is 4.74 Å². The fraction of sp³-hybridized carbons (Fsp3) is 0.133. The summed E-state index contributed by atoms with van der Waals surface area (Å²) in [6.45, 7) is 1.46. The van der Waals surface area contributed by atoms with E-state index in [9.17, 15) is 22.4 Å². The molecule has 0 heterocycles. The second kappa shape index (κ2) is 5.55. The molecule has 0 saturated heterocycles. The monoisotopic (exact) mass is 298 g/mol. The number of carbonyl (C=O) groups excluding carboxylic acids is 1. The molecule has 0 N–H and O–H groups in total. The van der Waals surface area contributed by atoms with Gasteiger partial charge in [-0.05, 0) is 42.8 Å². The molecular formula is C15H10F4O2. The predicted molar refractivity (Wildman–Crippen MR) is 67.7 cm³/mol. The van der Waals surface area contributed by atoms with Crippen LogP contribution >= 0.6 is 0 Å². The third-order valence-corrected chi connectivity index (χ3v) is 2.78. The number of hydrogen-bond acceptors (Lipinski definition) is 2. The van der Waals surface area contributed by atoms with E-state index in [1.54, 1.807) is 0 Å². The molecule has 0 atom stereocenters. The standard InChI is InChI=1S/C15H10F4O2/c1-9-8-10(6-7-12(9)16)14(20)11-4-2-3-5-13(11)21-15(17,18)19/h2-8H,1H3. The van der Waals surface area contributed by atoms with Crippen molar-refractivity contribution in [3.05, 3.63) is 65.0 Å². The quantitative estimate of drug-likeness (QED) is 0.625. The minimum Gasteiger partial charge on any atom is -0.405 e. The lowest BCUT2D eigenvalue weighted by Gasteiger charge is -2.12. The fourth-order valence-electron chi connectivity index (χ4n) is 1.81. The van der Waals surface area contributed by atoms with Crippen LogP contribution in [0.5, 0.6) is 5.75 Å². The number of carbonyl (C=O) groups is 1. The van der Waals surface area contributed by atoms with Gasteiger partial charge < -0.3 is 4.74 Å². The van der Waals surface area contributed by atoms with Crippen molar-refractivity contribution in [2.24, 2.45) is 0 Å². The van der Waals surface area contributed by atoms with E-state index in [-0.39, 0.29) is 16.7 Å². The van der Waals surface area contributed by atoms with Crippen molar-refractivity contribution in [3.8, 4) is 5.75 Å². The highest BCUT2D eigenvalue weighted by atomic mass is 19.4. The van der Waals surface area contributed by atoms with E-state index in [1.807, 2.05) is 0 Å². The van der Waals surface area contributed by atoms with Crippen molar-refractivity contribution in [3.63, 3.8) is 0 Å². The summed E-state index contributed by atoms with van der Waals surface area (Å²) in [5.74, 6) is -1.75. The number of ketones is 1. The molecule has 0 radical (unpaired) electrons. The smallest absolute Gasteiger partial charge is 0.405 e. The molecule has 0 aliphatic heterocycles. The first-order valence-electron chi connectivity index (χ1n) is 5.93. The Bertz CT molecular complexity index is 678. The maximum atomic E-state index is 13.2. The lowest BCUT2D eigenvalue weighted by atomic mass is 10.0.